The van der Waals surface area contributed by atoms with Gasteiger partial charge in [0.1, 0.15) is 11.6 Å². The minimum atomic E-state index is -0.491. The van der Waals surface area contributed by atoms with E-state index < -0.39 is 5.82 Å². The third-order valence-corrected chi connectivity index (χ3v) is 3.81. The van der Waals surface area contributed by atoms with Crippen LogP contribution in [-0.4, -0.2) is 36.3 Å². The Morgan fingerprint density at radius 1 is 1.33 bits per heavy atom. The standard InChI is InChI=1S/C16H20FNO3/c1-11-5-7-18(8-6-11)16(20)10-21-15-9-13(17)3-4-14(15)12(2)19/h3-4,9,11H,5-8,10H2,1-2H3. The van der Waals surface area contributed by atoms with E-state index in [0.717, 1.165) is 32.0 Å². The normalized spacial score (nSPS) is 15.9. The Labute approximate surface area is 123 Å². The number of ketones is 1. The molecule has 21 heavy (non-hydrogen) atoms. The highest BCUT2D eigenvalue weighted by atomic mass is 19.1. The highest BCUT2D eigenvalue weighted by molar-refractivity contribution is 5.96. The molecular formula is C16H20FNO3. The average Bonchev–Trinajstić information content (AvgIpc) is 2.45. The number of piperidine rings is 1. The Balaban J connectivity index is 1.98. The summed E-state index contributed by atoms with van der Waals surface area (Å²) in [4.78, 5) is 25.3. The van der Waals surface area contributed by atoms with Crippen LogP contribution in [0.15, 0.2) is 18.2 Å². The number of hydrogen-bond acceptors (Lipinski definition) is 3. The zero-order chi connectivity index (χ0) is 15.4. The fourth-order valence-corrected chi connectivity index (χ4v) is 2.40. The van der Waals surface area contributed by atoms with E-state index in [0.29, 0.717) is 5.92 Å². The van der Waals surface area contributed by atoms with Crippen LogP contribution < -0.4 is 4.74 Å². The summed E-state index contributed by atoms with van der Waals surface area (Å²) in [6.45, 7) is 4.84. The van der Waals surface area contributed by atoms with Crippen LogP contribution in [0.25, 0.3) is 0 Å². The van der Waals surface area contributed by atoms with E-state index in [9.17, 15) is 14.0 Å². The largest absolute Gasteiger partial charge is 0.483 e. The van der Waals surface area contributed by atoms with Gasteiger partial charge in [-0.25, -0.2) is 4.39 Å². The predicted molar refractivity (Wildman–Crippen MR) is 76.9 cm³/mol. The molecule has 0 unspecified atom stereocenters. The van der Waals surface area contributed by atoms with Crippen molar-refractivity contribution in [2.45, 2.75) is 26.7 Å². The SMILES string of the molecule is CC(=O)c1ccc(F)cc1OCC(=O)N1CCC(C)CC1. The molecule has 5 heteroatoms. The van der Waals surface area contributed by atoms with Crippen molar-refractivity contribution in [3.05, 3.63) is 29.6 Å². The average molecular weight is 293 g/mol. The number of carbonyl (C=O) groups excluding carboxylic acids is 2. The number of ether oxygens (including phenoxy) is 1. The molecule has 114 valence electrons. The van der Waals surface area contributed by atoms with Gasteiger partial charge in [0, 0.05) is 19.2 Å². The highest BCUT2D eigenvalue weighted by Crippen LogP contribution is 2.21. The molecule has 1 aliphatic heterocycles. The zero-order valence-corrected chi connectivity index (χ0v) is 12.4. The summed E-state index contributed by atoms with van der Waals surface area (Å²) in [5.41, 5.74) is 0.288. The molecule has 1 fully saturated rings. The third-order valence-electron chi connectivity index (χ3n) is 3.81. The van der Waals surface area contributed by atoms with Crippen molar-refractivity contribution in [1.29, 1.82) is 0 Å². The monoisotopic (exact) mass is 293 g/mol. The Kier molecular flexibility index (Phi) is 4.94. The molecule has 0 aliphatic carbocycles. The number of carbonyl (C=O) groups is 2. The van der Waals surface area contributed by atoms with Gasteiger partial charge in [0.2, 0.25) is 0 Å². The number of benzene rings is 1. The highest BCUT2D eigenvalue weighted by Gasteiger charge is 2.21. The molecule has 0 spiro atoms. The lowest BCUT2D eigenvalue weighted by atomic mass is 9.99. The molecule has 0 radical (unpaired) electrons. The van der Waals surface area contributed by atoms with Gasteiger partial charge in [-0.1, -0.05) is 6.92 Å². The summed E-state index contributed by atoms with van der Waals surface area (Å²) in [6.07, 6.45) is 1.98. The summed E-state index contributed by atoms with van der Waals surface area (Å²) < 4.78 is 18.6. The van der Waals surface area contributed by atoms with Crippen molar-refractivity contribution in [2.75, 3.05) is 19.7 Å². The van der Waals surface area contributed by atoms with Crippen molar-refractivity contribution in [2.24, 2.45) is 5.92 Å². The van der Waals surface area contributed by atoms with Crippen molar-refractivity contribution >= 4 is 11.7 Å². The minimum absolute atomic E-state index is 0.124. The van der Waals surface area contributed by atoms with Gasteiger partial charge < -0.3 is 9.64 Å². The first-order chi connectivity index (χ1) is 9.97. The van der Waals surface area contributed by atoms with Crippen LogP contribution in [0.2, 0.25) is 0 Å². The van der Waals surface area contributed by atoms with Crippen LogP contribution in [0.1, 0.15) is 37.0 Å². The minimum Gasteiger partial charge on any atom is -0.483 e. The summed E-state index contributed by atoms with van der Waals surface area (Å²) in [7, 11) is 0. The van der Waals surface area contributed by atoms with Crippen LogP contribution in [0.5, 0.6) is 5.75 Å². The maximum absolute atomic E-state index is 13.2. The van der Waals surface area contributed by atoms with Crippen LogP contribution in [-0.2, 0) is 4.79 Å². The molecule has 1 aromatic rings. The van der Waals surface area contributed by atoms with Crippen LogP contribution >= 0.6 is 0 Å². The Bertz CT molecular complexity index is 536. The van der Waals surface area contributed by atoms with Crippen molar-refractivity contribution in [1.82, 2.24) is 4.90 Å². The van der Waals surface area contributed by atoms with E-state index in [1.807, 2.05) is 0 Å². The van der Waals surface area contributed by atoms with Crippen molar-refractivity contribution in [3.63, 3.8) is 0 Å². The molecule has 1 saturated heterocycles. The number of rotatable bonds is 4. The first-order valence-corrected chi connectivity index (χ1v) is 7.18. The maximum Gasteiger partial charge on any atom is 0.260 e. The number of likely N-dealkylation sites (tertiary alicyclic amines) is 1. The molecule has 1 amide bonds. The van der Waals surface area contributed by atoms with E-state index in [1.165, 1.54) is 19.1 Å². The molecule has 0 atom stereocenters. The Morgan fingerprint density at radius 3 is 2.62 bits per heavy atom. The fraction of sp³-hybridized carbons (Fsp3) is 0.500. The number of amides is 1. The lowest BCUT2D eigenvalue weighted by Gasteiger charge is -2.30. The van der Waals surface area contributed by atoms with Gasteiger partial charge in [-0.15, -0.1) is 0 Å². The Hall–Kier alpha value is -1.91. The molecule has 0 bridgehead atoms. The molecule has 2 rings (SSSR count). The lowest BCUT2D eigenvalue weighted by molar-refractivity contribution is -0.134. The van der Waals surface area contributed by atoms with Gasteiger partial charge in [0.15, 0.2) is 12.4 Å². The first-order valence-electron chi connectivity index (χ1n) is 7.18. The molecule has 0 aromatic heterocycles. The van der Waals surface area contributed by atoms with Crippen LogP contribution in [0.4, 0.5) is 4.39 Å². The maximum atomic E-state index is 13.2. The molecule has 1 heterocycles. The van der Waals surface area contributed by atoms with Crippen molar-refractivity contribution in [3.8, 4) is 5.75 Å². The smallest absolute Gasteiger partial charge is 0.260 e. The van der Waals surface area contributed by atoms with Gasteiger partial charge in [0.25, 0.3) is 5.91 Å². The summed E-state index contributed by atoms with van der Waals surface area (Å²) >= 11 is 0. The van der Waals surface area contributed by atoms with Gasteiger partial charge in [-0.3, -0.25) is 9.59 Å². The number of nitrogens with zero attached hydrogens (tertiary/aromatic N) is 1. The Morgan fingerprint density at radius 2 is 2.00 bits per heavy atom. The first kappa shape index (κ1) is 15.5. The summed E-state index contributed by atoms with van der Waals surface area (Å²) in [6, 6.07) is 3.72. The van der Waals surface area contributed by atoms with Gasteiger partial charge >= 0.3 is 0 Å². The molecule has 4 nitrogen and oxygen atoms in total. The molecule has 1 aliphatic rings. The van der Waals surface area contributed by atoms with Crippen LogP contribution in [0.3, 0.4) is 0 Å². The molecule has 1 aromatic carbocycles. The zero-order valence-electron chi connectivity index (χ0n) is 12.4. The molecule has 0 saturated carbocycles. The quantitative estimate of drug-likeness (QED) is 0.802. The van der Waals surface area contributed by atoms with Gasteiger partial charge in [-0.05, 0) is 37.8 Å². The fourth-order valence-electron chi connectivity index (χ4n) is 2.40. The topological polar surface area (TPSA) is 46.6 Å². The van der Waals surface area contributed by atoms with Crippen LogP contribution in [0, 0.1) is 11.7 Å². The van der Waals surface area contributed by atoms with Crippen molar-refractivity contribution < 1.29 is 18.7 Å². The number of halogens is 1. The molecular weight excluding hydrogens is 273 g/mol. The lowest BCUT2D eigenvalue weighted by Crippen LogP contribution is -2.40. The van der Waals surface area contributed by atoms with Gasteiger partial charge in [0.05, 0.1) is 5.56 Å². The van der Waals surface area contributed by atoms with E-state index in [2.05, 4.69) is 6.92 Å². The molecule has 0 N–H and O–H groups in total. The summed E-state index contributed by atoms with van der Waals surface area (Å²) in [5.74, 6) is -0.0668. The third kappa shape index (κ3) is 4.03. The van der Waals surface area contributed by atoms with E-state index in [4.69, 9.17) is 4.74 Å². The number of hydrogen-bond donors (Lipinski definition) is 0. The second-order valence-corrected chi connectivity index (χ2v) is 5.55. The second-order valence-electron chi connectivity index (χ2n) is 5.55. The predicted octanol–water partition coefficient (Wildman–Crippen LogP) is 2.67. The summed E-state index contributed by atoms with van der Waals surface area (Å²) in [5, 5.41) is 0. The van der Waals surface area contributed by atoms with E-state index in [-0.39, 0.29) is 29.6 Å². The van der Waals surface area contributed by atoms with E-state index >= 15 is 0 Å². The second kappa shape index (κ2) is 6.70. The van der Waals surface area contributed by atoms with Gasteiger partial charge in [-0.2, -0.15) is 0 Å². The number of Topliss-reactive ketones (excluding diaryl/α,β-unsaturated/α-hetero) is 1. The van der Waals surface area contributed by atoms with E-state index in [1.54, 1.807) is 4.90 Å².